The van der Waals surface area contributed by atoms with Gasteiger partial charge in [0.25, 0.3) is 0 Å². The van der Waals surface area contributed by atoms with E-state index in [1.54, 1.807) is 6.92 Å². The fourth-order valence-electron chi connectivity index (χ4n) is 3.55. The molecule has 2 heterocycles. The van der Waals surface area contributed by atoms with Gasteiger partial charge in [0, 0.05) is 51.9 Å². The third-order valence-corrected chi connectivity index (χ3v) is 4.93. The monoisotopic (exact) mass is 315 g/mol. The van der Waals surface area contributed by atoms with Crippen LogP contribution in [0.2, 0.25) is 0 Å². The third-order valence-electron chi connectivity index (χ3n) is 4.93. The van der Waals surface area contributed by atoms with Gasteiger partial charge < -0.3 is 14.7 Å². The van der Waals surface area contributed by atoms with Crippen molar-refractivity contribution < 1.29 is 9.59 Å². The molecule has 2 aliphatic rings. The molecule has 0 spiro atoms. The Labute approximate surface area is 137 Å². The summed E-state index contributed by atoms with van der Waals surface area (Å²) in [5, 5.41) is 0. The average Bonchev–Trinajstić information content (AvgIpc) is 2.62. The maximum Gasteiger partial charge on any atom is 0.227 e. The highest BCUT2D eigenvalue weighted by Crippen LogP contribution is 2.21. The summed E-state index contributed by atoms with van der Waals surface area (Å²) in [4.78, 5) is 30.4. The lowest BCUT2D eigenvalue weighted by atomic mass is 9.96. The summed E-state index contributed by atoms with van der Waals surface area (Å²) in [5.74, 6) is 0.288. The van der Waals surface area contributed by atoms with Crippen LogP contribution in [0.1, 0.15) is 19.8 Å². The van der Waals surface area contributed by atoms with Gasteiger partial charge in [-0.2, -0.15) is 0 Å². The molecule has 2 aliphatic heterocycles. The van der Waals surface area contributed by atoms with E-state index < -0.39 is 0 Å². The molecule has 0 radical (unpaired) electrons. The Hall–Kier alpha value is -2.04. The van der Waals surface area contributed by atoms with Crippen molar-refractivity contribution >= 4 is 17.5 Å². The average molecular weight is 315 g/mol. The zero-order valence-electron chi connectivity index (χ0n) is 13.8. The van der Waals surface area contributed by atoms with E-state index >= 15 is 0 Å². The second kappa shape index (κ2) is 7.02. The summed E-state index contributed by atoms with van der Waals surface area (Å²) in [6, 6.07) is 10.3. The number of nitrogens with zero attached hydrogens (tertiary/aromatic N) is 3. The van der Waals surface area contributed by atoms with Crippen molar-refractivity contribution in [2.75, 3.05) is 44.2 Å². The van der Waals surface area contributed by atoms with Crippen molar-refractivity contribution in [2.45, 2.75) is 19.8 Å². The summed E-state index contributed by atoms with van der Waals surface area (Å²) in [6.45, 7) is 6.26. The highest BCUT2D eigenvalue weighted by molar-refractivity contribution is 5.81. The molecule has 1 unspecified atom stereocenters. The maximum absolute atomic E-state index is 12.7. The molecule has 0 saturated carbocycles. The molecule has 0 aliphatic carbocycles. The van der Waals surface area contributed by atoms with Gasteiger partial charge in [0.15, 0.2) is 0 Å². The molecule has 5 heteroatoms. The Morgan fingerprint density at radius 3 is 2.30 bits per heavy atom. The van der Waals surface area contributed by atoms with E-state index in [1.165, 1.54) is 5.69 Å². The molecule has 0 aromatic heterocycles. The first kappa shape index (κ1) is 15.8. The molecule has 23 heavy (non-hydrogen) atoms. The van der Waals surface area contributed by atoms with Crippen molar-refractivity contribution in [1.29, 1.82) is 0 Å². The molecule has 1 atom stereocenters. The predicted molar refractivity (Wildman–Crippen MR) is 90.2 cm³/mol. The van der Waals surface area contributed by atoms with E-state index in [4.69, 9.17) is 0 Å². The minimum atomic E-state index is -0.0177. The van der Waals surface area contributed by atoms with E-state index in [0.717, 1.165) is 45.6 Å². The minimum Gasteiger partial charge on any atom is -0.368 e. The number of carbonyl (C=O) groups excluding carboxylic acids is 2. The van der Waals surface area contributed by atoms with Crippen LogP contribution in [0.3, 0.4) is 0 Å². The zero-order chi connectivity index (χ0) is 16.2. The Kier molecular flexibility index (Phi) is 4.84. The van der Waals surface area contributed by atoms with Gasteiger partial charge in [-0.15, -0.1) is 0 Å². The Bertz CT molecular complexity index is 553. The fraction of sp³-hybridized carbons (Fsp3) is 0.556. The molecule has 2 amide bonds. The van der Waals surface area contributed by atoms with E-state index in [0.29, 0.717) is 6.54 Å². The van der Waals surface area contributed by atoms with Gasteiger partial charge in [-0.25, -0.2) is 0 Å². The lowest BCUT2D eigenvalue weighted by Gasteiger charge is -2.39. The van der Waals surface area contributed by atoms with Crippen LogP contribution in [0.15, 0.2) is 30.3 Å². The molecule has 5 nitrogen and oxygen atoms in total. The standard InChI is InChI=1S/C18H25N3O2/c1-15(22)21-9-5-6-16(14-21)18(23)20-12-10-19(11-13-20)17-7-3-2-4-8-17/h2-4,7-8,16H,5-6,9-14H2,1H3. The van der Waals surface area contributed by atoms with Crippen LogP contribution < -0.4 is 4.90 Å². The number of hydrogen-bond donors (Lipinski definition) is 0. The van der Waals surface area contributed by atoms with Crippen LogP contribution in [0.25, 0.3) is 0 Å². The second-order valence-corrected chi connectivity index (χ2v) is 6.45. The smallest absolute Gasteiger partial charge is 0.227 e. The number of likely N-dealkylation sites (tertiary alicyclic amines) is 1. The molecule has 2 saturated heterocycles. The lowest BCUT2D eigenvalue weighted by Crippen LogP contribution is -2.53. The van der Waals surface area contributed by atoms with Gasteiger partial charge in [0.2, 0.25) is 11.8 Å². The molecule has 124 valence electrons. The Morgan fingerprint density at radius 1 is 0.957 bits per heavy atom. The van der Waals surface area contributed by atoms with Crippen LogP contribution in [0.4, 0.5) is 5.69 Å². The Balaban J connectivity index is 1.55. The quantitative estimate of drug-likeness (QED) is 0.832. The SMILES string of the molecule is CC(=O)N1CCCC(C(=O)N2CCN(c3ccccc3)CC2)C1. The first-order valence-electron chi connectivity index (χ1n) is 8.49. The molecule has 3 rings (SSSR count). The van der Waals surface area contributed by atoms with Gasteiger partial charge in [-0.3, -0.25) is 9.59 Å². The number of para-hydroxylation sites is 1. The van der Waals surface area contributed by atoms with Crippen molar-refractivity contribution in [3.05, 3.63) is 30.3 Å². The normalized spacial score (nSPS) is 22.1. The molecule has 0 N–H and O–H groups in total. The van der Waals surface area contributed by atoms with Gasteiger partial charge in [-0.1, -0.05) is 18.2 Å². The molecule has 1 aromatic rings. The number of carbonyl (C=O) groups is 2. The number of amides is 2. The van der Waals surface area contributed by atoms with Crippen LogP contribution in [-0.4, -0.2) is 60.9 Å². The number of piperazine rings is 1. The molecular formula is C18H25N3O2. The van der Waals surface area contributed by atoms with E-state index in [2.05, 4.69) is 17.0 Å². The van der Waals surface area contributed by atoms with E-state index in [9.17, 15) is 9.59 Å². The summed E-state index contributed by atoms with van der Waals surface area (Å²) in [6.07, 6.45) is 1.83. The summed E-state index contributed by atoms with van der Waals surface area (Å²) >= 11 is 0. The van der Waals surface area contributed by atoms with Gasteiger partial charge >= 0.3 is 0 Å². The van der Waals surface area contributed by atoms with Crippen molar-refractivity contribution in [1.82, 2.24) is 9.80 Å². The van der Waals surface area contributed by atoms with E-state index in [-0.39, 0.29) is 17.7 Å². The lowest BCUT2D eigenvalue weighted by molar-refractivity contribution is -0.140. The second-order valence-electron chi connectivity index (χ2n) is 6.45. The summed E-state index contributed by atoms with van der Waals surface area (Å²) in [7, 11) is 0. The van der Waals surface area contributed by atoms with Crippen LogP contribution >= 0.6 is 0 Å². The number of anilines is 1. The van der Waals surface area contributed by atoms with Gasteiger partial charge in [0.05, 0.1) is 5.92 Å². The molecule has 0 bridgehead atoms. The highest BCUT2D eigenvalue weighted by atomic mass is 16.2. The van der Waals surface area contributed by atoms with Crippen molar-refractivity contribution in [2.24, 2.45) is 5.92 Å². The van der Waals surface area contributed by atoms with E-state index in [1.807, 2.05) is 28.0 Å². The Morgan fingerprint density at radius 2 is 1.65 bits per heavy atom. The molecule has 1 aromatic carbocycles. The third kappa shape index (κ3) is 3.66. The highest BCUT2D eigenvalue weighted by Gasteiger charge is 2.31. The van der Waals surface area contributed by atoms with Gasteiger partial charge in [0.1, 0.15) is 0 Å². The van der Waals surface area contributed by atoms with Crippen LogP contribution in [-0.2, 0) is 9.59 Å². The van der Waals surface area contributed by atoms with Crippen molar-refractivity contribution in [3.8, 4) is 0 Å². The van der Waals surface area contributed by atoms with Crippen LogP contribution in [0.5, 0.6) is 0 Å². The summed E-state index contributed by atoms with van der Waals surface area (Å²) in [5.41, 5.74) is 1.22. The first-order valence-corrected chi connectivity index (χ1v) is 8.49. The zero-order valence-corrected chi connectivity index (χ0v) is 13.8. The summed E-state index contributed by atoms with van der Waals surface area (Å²) < 4.78 is 0. The largest absolute Gasteiger partial charge is 0.368 e. The minimum absolute atomic E-state index is 0.0177. The fourth-order valence-corrected chi connectivity index (χ4v) is 3.55. The molecular weight excluding hydrogens is 290 g/mol. The molecule has 2 fully saturated rings. The maximum atomic E-state index is 12.7. The number of benzene rings is 1. The number of hydrogen-bond acceptors (Lipinski definition) is 3. The predicted octanol–water partition coefficient (Wildman–Crippen LogP) is 1.59. The topological polar surface area (TPSA) is 43.9 Å². The number of rotatable bonds is 2. The first-order chi connectivity index (χ1) is 11.1. The number of piperidine rings is 1. The van der Waals surface area contributed by atoms with Gasteiger partial charge in [-0.05, 0) is 25.0 Å². The van der Waals surface area contributed by atoms with Crippen molar-refractivity contribution in [3.63, 3.8) is 0 Å². The van der Waals surface area contributed by atoms with Crippen LogP contribution in [0, 0.1) is 5.92 Å².